The number of aliphatic imine (C=N–C) groups is 2. The normalized spacial score (nSPS) is 13.6. The van der Waals surface area contributed by atoms with Gasteiger partial charge in [0.25, 0.3) is 0 Å². The quantitative estimate of drug-likeness (QED) is 0.243. The van der Waals surface area contributed by atoms with Gasteiger partial charge in [0.15, 0.2) is 0 Å². The van der Waals surface area contributed by atoms with Gasteiger partial charge >= 0.3 is 0 Å². The topological polar surface area (TPSA) is 77.2 Å². The average molecular weight is 536 g/mol. The van der Waals surface area contributed by atoms with Gasteiger partial charge in [0.1, 0.15) is 11.5 Å². The molecule has 0 saturated carbocycles. The first-order valence-electron chi connectivity index (χ1n) is 14.2. The van der Waals surface area contributed by atoms with Crippen molar-refractivity contribution < 1.29 is 10.2 Å². The van der Waals surface area contributed by atoms with Crippen LogP contribution in [0.25, 0.3) is 0 Å². The van der Waals surface area contributed by atoms with Crippen LogP contribution in [-0.4, -0.2) is 48.8 Å². The second-order valence-corrected chi connectivity index (χ2v) is 14.7. The summed E-state index contributed by atoms with van der Waals surface area (Å²) in [5.41, 5.74) is 5.46. The molecule has 39 heavy (non-hydrogen) atoms. The molecule has 0 bridgehead atoms. The highest BCUT2D eigenvalue weighted by Crippen LogP contribution is 2.38. The van der Waals surface area contributed by atoms with Crippen molar-refractivity contribution in [3.8, 4) is 11.5 Å². The van der Waals surface area contributed by atoms with Gasteiger partial charge in [0, 0.05) is 47.8 Å². The minimum atomic E-state index is -0.158. The van der Waals surface area contributed by atoms with E-state index in [1.165, 1.54) is 11.1 Å². The lowest BCUT2D eigenvalue weighted by Crippen LogP contribution is -2.21. The van der Waals surface area contributed by atoms with Crippen LogP contribution in [0, 0.1) is 0 Å². The lowest BCUT2D eigenvalue weighted by molar-refractivity contribution is 0.443. The first kappa shape index (κ1) is 32.6. The Morgan fingerprint density at radius 1 is 0.564 bits per heavy atom. The Morgan fingerprint density at radius 3 is 1.18 bits per heavy atom. The van der Waals surface area contributed by atoms with E-state index in [-0.39, 0.29) is 21.7 Å². The van der Waals surface area contributed by atoms with Gasteiger partial charge in [-0.15, -0.1) is 0 Å². The molecule has 0 fully saturated rings. The van der Waals surface area contributed by atoms with Crippen molar-refractivity contribution in [3.63, 3.8) is 0 Å². The molecule has 2 rings (SSSR count). The summed E-state index contributed by atoms with van der Waals surface area (Å²) < 4.78 is 0. The number of hydrogen-bond donors (Lipinski definition) is 3. The zero-order valence-electron chi connectivity index (χ0n) is 26.6. The molecule has 2 aromatic carbocycles. The monoisotopic (exact) mass is 535 g/mol. The molecule has 0 aromatic heterocycles. The van der Waals surface area contributed by atoms with Crippen molar-refractivity contribution >= 4 is 12.4 Å². The summed E-state index contributed by atoms with van der Waals surface area (Å²) in [6.07, 6.45) is 3.58. The highest BCUT2D eigenvalue weighted by atomic mass is 16.3. The van der Waals surface area contributed by atoms with Crippen LogP contribution in [0.1, 0.15) is 116 Å². The molecule has 0 unspecified atom stereocenters. The molecule has 5 heteroatoms. The van der Waals surface area contributed by atoms with Crippen molar-refractivity contribution in [2.75, 3.05) is 26.2 Å². The van der Waals surface area contributed by atoms with Crippen molar-refractivity contribution in [1.82, 2.24) is 5.32 Å². The van der Waals surface area contributed by atoms with Crippen LogP contribution in [0.3, 0.4) is 0 Å². The maximum Gasteiger partial charge on any atom is 0.128 e. The summed E-state index contributed by atoms with van der Waals surface area (Å²) in [5, 5.41) is 25.2. The van der Waals surface area contributed by atoms with E-state index >= 15 is 0 Å². The van der Waals surface area contributed by atoms with Crippen molar-refractivity contribution in [2.24, 2.45) is 9.98 Å². The van der Waals surface area contributed by atoms with Gasteiger partial charge < -0.3 is 15.5 Å². The van der Waals surface area contributed by atoms with Crippen LogP contribution in [0.5, 0.6) is 11.5 Å². The number of hydrogen-bond acceptors (Lipinski definition) is 5. The SMILES string of the molecule is CC(C)(C)c1cc(C=NCCNCCN=Cc2cc(C(C)(C)C)cc(C(C)(C)C)c2O)c(O)c(C(C)(C)C)c1. The number of benzene rings is 2. The Balaban J connectivity index is 1.99. The van der Waals surface area contributed by atoms with Gasteiger partial charge in [0.2, 0.25) is 0 Å². The van der Waals surface area contributed by atoms with E-state index in [9.17, 15) is 10.2 Å². The zero-order valence-corrected chi connectivity index (χ0v) is 26.6. The van der Waals surface area contributed by atoms with E-state index < -0.39 is 0 Å². The summed E-state index contributed by atoms with van der Waals surface area (Å²) in [6, 6.07) is 8.34. The molecule has 0 amide bonds. The first-order valence-corrected chi connectivity index (χ1v) is 14.2. The molecule has 0 heterocycles. The maximum absolute atomic E-state index is 10.9. The Hall–Kier alpha value is -2.66. The first-order chi connectivity index (χ1) is 17.7. The van der Waals surface area contributed by atoms with Gasteiger partial charge in [-0.3, -0.25) is 9.98 Å². The van der Waals surface area contributed by atoms with Crippen LogP contribution in [0.4, 0.5) is 0 Å². The Labute approximate surface area is 237 Å². The average Bonchev–Trinajstić information content (AvgIpc) is 2.76. The van der Waals surface area contributed by atoms with Crippen molar-refractivity contribution in [2.45, 2.75) is 105 Å². The van der Waals surface area contributed by atoms with Crippen LogP contribution < -0.4 is 5.32 Å². The fraction of sp³-hybridized carbons (Fsp3) is 0.588. The van der Waals surface area contributed by atoms with E-state index in [4.69, 9.17) is 0 Å². The lowest BCUT2D eigenvalue weighted by Gasteiger charge is -2.27. The Kier molecular flexibility index (Phi) is 10.2. The molecule has 2 aromatic rings. The van der Waals surface area contributed by atoms with E-state index in [0.717, 1.165) is 35.3 Å². The van der Waals surface area contributed by atoms with Gasteiger partial charge in [-0.2, -0.15) is 0 Å². The summed E-state index contributed by atoms with van der Waals surface area (Å²) in [6.45, 7) is 28.5. The largest absolute Gasteiger partial charge is 0.507 e. The molecule has 0 aliphatic heterocycles. The molecule has 0 radical (unpaired) electrons. The highest BCUT2D eigenvalue weighted by Gasteiger charge is 2.25. The van der Waals surface area contributed by atoms with Crippen LogP contribution in [0.2, 0.25) is 0 Å². The molecule has 0 aliphatic rings. The van der Waals surface area contributed by atoms with Crippen molar-refractivity contribution in [1.29, 1.82) is 0 Å². The second-order valence-electron chi connectivity index (χ2n) is 14.7. The standard InChI is InChI=1S/C34H53N3O2/c1-31(2,3)25-17-23(29(38)27(19-25)33(7,8)9)21-36-15-13-35-14-16-37-22-24-18-26(32(4,5)6)20-28(30(24)39)34(10,11)12/h17-22,35,38-39H,13-16H2,1-12H3. The van der Waals surface area contributed by atoms with E-state index in [1.54, 1.807) is 12.4 Å². The molecule has 5 nitrogen and oxygen atoms in total. The molecular weight excluding hydrogens is 482 g/mol. The lowest BCUT2D eigenvalue weighted by atomic mass is 9.79. The summed E-state index contributed by atoms with van der Waals surface area (Å²) in [4.78, 5) is 9.14. The molecule has 0 spiro atoms. The summed E-state index contributed by atoms with van der Waals surface area (Å²) in [7, 11) is 0. The molecule has 0 atom stereocenters. The third-order valence-electron chi connectivity index (χ3n) is 6.92. The highest BCUT2D eigenvalue weighted by molar-refractivity contribution is 5.85. The Bertz CT molecular complexity index is 1090. The van der Waals surface area contributed by atoms with E-state index in [0.29, 0.717) is 24.6 Å². The van der Waals surface area contributed by atoms with Crippen LogP contribution >= 0.6 is 0 Å². The van der Waals surface area contributed by atoms with E-state index in [2.05, 4.69) is 111 Å². The zero-order chi connectivity index (χ0) is 29.8. The summed E-state index contributed by atoms with van der Waals surface area (Å²) in [5.74, 6) is 0.630. The number of phenols is 2. The predicted molar refractivity (Wildman–Crippen MR) is 169 cm³/mol. The third-order valence-corrected chi connectivity index (χ3v) is 6.92. The second kappa shape index (κ2) is 12.2. The Morgan fingerprint density at radius 2 is 0.897 bits per heavy atom. The fourth-order valence-corrected chi connectivity index (χ4v) is 4.26. The number of nitrogens with one attached hydrogen (secondary N) is 1. The third kappa shape index (κ3) is 9.20. The molecular formula is C34H53N3O2. The fourth-order valence-electron chi connectivity index (χ4n) is 4.26. The number of phenolic OH excluding ortho intramolecular Hbond substituents is 2. The smallest absolute Gasteiger partial charge is 0.128 e. The predicted octanol–water partition coefficient (Wildman–Crippen LogP) is 7.42. The number of aromatic hydroxyl groups is 2. The van der Waals surface area contributed by atoms with Gasteiger partial charge in [-0.25, -0.2) is 0 Å². The van der Waals surface area contributed by atoms with Crippen LogP contribution in [-0.2, 0) is 21.7 Å². The summed E-state index contributed by atoms with van der Waals surface area (Å²) >= 11 is 0. The number of rotatable bonds is 8. The number of nitrogens with zero attached hydrogens (tertiary/aromatic N) is 2. The minimum absolute atomic E-state index is 0.0163. The minimum Gasteiger partial charge on any atom is -0.507 e. The van der Waals surface area contributed by atoms with E-state index in [1.807, 2.05) is 12.1 Å². The molecule has 0 aliphatic carbocycles. The van der Waals surface area contributed by atoms with Gasteiger partial charge in [0.05, 0.1) is 13.1 Å². The molecule has 216 valence electrons. The molecule has 3 N–H and O–H groups in total. The van der Waals surface area contributed by atoms with Gasteiger partial charge in [-0.1, -0.05) is 95.2 Å². The maximum atomic E-state index is 10.9. The van der Waals surface area contributed by atoms with Crippen molar-refractivity contribution in [3.05, 3.63) is 57.6 Å². The molecule has 0 saturated heterocycles. The van der Waals surface area contributed by atoms with Crippen LogP contribution in [0.15, 0.2) is 34.3 Å². The van der Waals surface area contributed by atoms with Gasteiger partial charge in [-0.05, 0) is 44.9 Å².